The average molecular weight is 399 g/mol. The lowest BCUT2D eigenvalue weighted by molar-refractivity contribution is -0.383. The molecule has 30 heavy (non-hydrogen) atoms. The molecule has 0 amide bonds. The molecule has 2 heterocycles. The van der Waals surface area contributed by atoms with Crippen molar-refractivity contribution >= 4 is 34.5 Å². The molecule has 2 N–H and O–H groups in total. The van der Waals surface area contributed by atoms with Crippen molar-refractivity contribution in [3.8, 4) is 0 Å². The lowest BCUT2D eigenvalue weighted by atomic mass is 10.2. The maximum absolute atomic E-state index is 11.9. The Hall–Kier alpha value is -4.53. The summed E-state index contributed by atoms with van der Waals surface area (Å²) in [6.07, 6.45) is 2.84. The van der Waals surface area contributed by atoms with Crippen molar-refractivity contribution in [2.75, 3.05) is 15.8 Å². The van der Waals surface area contributed by atoms with Crippen molar-refractivity contribution in [3.05, 3.63) is 102 Å². The summed E-state index contributed by atoms with van der Waals surface area (Å²) in [5, 5.41) is 16.5. The maximum atomic E-state index is 11.9. The van der Waals surface area contributed by atoms with Crippen molar-refractivity contribution in [1.29, 1.82) is 0 Å². The summed E-state index contributed by atoms with van der Waals surface area (Å²) in [5.41, 5.74) is 4.35. The van der Waals surface area contributed by atoms with Gasteiger partial charge in [-0.2, -0.15) is 0 Å². The molecule has 0 radical (unpaired) electrons. The zero-order chi connectivity index (χ0) is 20.8. The standard InChI is InChI=1S/C21H17N7O2/c29-28(30)19-20(25-18-13-7-8-14-22-18)23-15-24-21(19)26-27(16-9-3-1-4-10-16)17-11-5-2-6-12-17/h1-15H,(H2,22,23,24,25,26). The fourth-order valence-corrected chi connectivity index (χ4v) is 2.82. The van der Waals surface area contributed by atoms with E-state index < -0.39 is 4.92 Å². The maximum Gasteiger partial charge on any atom is 0.355 e. The van der Waals surface area contributed by atoms with Gasteiger partial charge in [-0.3, -0.25) is 20.5 Å². The third-order valence-corrected chi connectivity index (χ3v) is 4.16. The van der Waals surface area contributed by atoms with Crippen LogP contribution < -0.4 is 15.8 Å². The zero-order valence-electron chi connectivity index (χ0n) is 15.7. The molecule has 0 aliphatic rings. The first kappa shape index (κ1) is 18.8. The van der Waals surface area contributed by atoms with Crippen molar-refractivity contribution in [3.63, 3.8) is 0 Å². The van der Waals surface area contributed by atoms with Crippen LogP contribution in [-0.2, 0) is 0 Å². The number of hydrogen-bond acceptors (Lipinski definition) is 8. The normalized spacial score (nSPS) is 10.3. The SMILES string of the molecule is O=[N+]([O-])c1c(Nc2ccccn2)ncnc1NN(c1ccccc1)c1ccccc1. The Morgan fingerprint density at radius 2 is 1.37 bits per heavy atom. The Labute approximate surface area is 172 Å². The number of nitrogens with one attached hydrogen (secondary N) is 2. The Balaban J connectivity index is 1.75. The highest BCUT2D eigenvalue weighted by Crippen LogP contribution is 2.33. The van der Waals surface area contributed by atoms with E-state index in [-0.39, 0.29) is 17.3 Å². The number of anilines is 5. The van der Waals surface area contributed by atoms with Gasteiger partial charge in [0.25, 0.3) is 0 Å². The number of para-hydroxylation sites is 2. The Morgan fingerprint density at radius 1 is 0.767 bits per heavy atom. The topological polar surface area (TPSA) is 109 Å². The second kappa shape index (κ2) is 8.65. The van der Waals surface area contributed by atoms with Gasteiger partial charge in [-0.25, -0.2) is 15.0 Å². The van der Waals surface area contributed by atoms with Gasteiger partial charge in [0.05, 0.1) is 16.3 Å². The summed E-state index contributed by atoms with van der Waals surface area (Å²) >= 11 is 0. The van der Waals surface area contributed by atoms with E-state index in [1.54, 1.807) is 29.4 Å². The molecule has 0 aliphatic carbocycles. The molecule has 4 aromatic rings. The van der Waals surface area contributed by atoms with Gasteiger partial charge in [-0.05, 0) is 36.4 Å². The predicted octanol–water partition coefficient (Wildman–Crippen LogP) is 4.69. The number of pyridine rings is 1. The summed E-state index contributed by atoms with van der Waals surface area (Å²) in [4.78, 5) is 23.7. The van der Waals surface area contributed by atoms with Crippen LogP contribution >= 0.6 is 0 Å². The molecule has 9 nitrogen and oxygen atoms in total. The molecule has 2 aromatic heterocycles. The predicted molar refractivity (Wildman–Crippen MR) is 115 cm³/mol. The molecule has 0 aliphatic heterocycles. The molecule has 0 unspecified atom stereocenters. The van der Waals surface area contributed by atoms with Crippen molar-refractivity contribution < 1.29 is 4.92 Å². The van der Waals surface area contributed by atoms with Gasteiger partial charge in [0.15, 0.2) is 0 Å². The van der Waals surface area contributed by atoms with Gasteiger partial charge in [0.2, 0.25) is 11.6 Å². The molecular weight excluding hydrogens is 382 g/mol. The van der Waals surface area contributed by atoms with Crippen LogP contribution in [-0.4, -0.2) is 19.9 Å². The first-order valence-corrected chi connectivity index (χ1v) is 9.07. The van der Waals surface area contributed by atoms with Crippen LogP contribution in [0.3, 0.4) is 0 Å². The Bertz CT molecular complexity index is 1090. The van der Waals surface area contributed by atoms with Crippen LogP contribution in [0.4, 0.5) is 34.5 Å². The molecule has 148 valence electrons. The molecule has 0 fully saturated rings. The first-order chi connectivity index (χ1) is 14.7. The minimum absolute atomic E-state index is 0.0391. The highest BCUT2D eigenvalue weighted by atomic mass is 16.6. The number of benzene rings is 2. The van der Waals surface area contributed by atoms with E-state index >= 15 is 0 Å². The smallest absolute Gasteiger partial charge is 0.319 e. The summed E-state index contributed by atoms with van der Waals surface area (Å²) in [6.45, 7) is 0. The van der Waals surface area contributed by atoms with E-state index in [4.69, 9.17) is 0 Å². The van der Waals surface area contributed by atoms with Crippen LogP contribution in [0.25, 0.3) is 0 Å². The van der Waals surface area contributed by atoms with E-state index in [0.29, 0.717) is 5.82 Å². The highest BCUT2D eigenvalue weighted by Gasteiger charge is 2.25. The van der Waals surface area contributed by atoms with Gasteiger partial charge in [0.1, 0.15) is 12.1 Å². The van der Waals surface area contributed by atoms with Crippen molar-refractivity contribution in [2.24, 2.45) is 0 Å². The van der Waals surface area contributed by atoms with E-state index in [9.17, 15) is 10.1 Å². The molecule has 4 rings (SSSR count). The van der Waals surface area contributed by atoms with Crippen molar-refractivity contribution in [2.45, 2.75) is 0 Å². The summed E-state index contributed by atoms with van der Waals surface area (Å²) in [5.74, 6) is 0.520. The number of hydrazine groups is 1. The molecule has 2 aromatic carbocycles. The average Bonchev–Trinajstić information content (AvgIpc) is 2.79. The van der Waals surface area contributed by atoms with Crippen LogP contribution in [0.2, 0.25) is 0 Å². The Morgan fingerprint density at radius 3 is 1.93 bits per heavy atom. The second-order valence-electron chi connectivity index (χ2n) is 6.13. The minimum Gasteiger partial charge on any atom is -0.319 e. The van der Waals surface area contributed by atoms with Gasteiger partial charge >= 0.3 is 5.69 Å². The first-order valence-electron chi connectivity index (χ1n) is 9.07. The molecule has 0 atom stereocenters. The van der Waals surface area contributed by atoms with Crippen LogP contribution in [0.5, 0.6) is 0 Å². The van der Waals surface area contributed by atoms with Gasteiger partial charge in [0, 0.05) is 6.20 Å². The van der Waals surface area contributed by atoms with Crippen LogP contribution in [0, 0.1) is 10.1 Å². The van der Waals surface area contributed by atoms with E-state index in [1.807, 2.05) is 60.7 Å². The lowest BCUT2D eigenvalue weighted by Crippen LogP contribution is -2.26. The molecule has 0 spiro atoms. The third kappa shape index (κ3) is 4.14. The van der Waals surface area contributed by atoms with E-state index in [0.717, 1.165) is 11.4 Å². The quantitative estimate of drug-likeness (QED) is 0.340. The lowest BCUT2D eigenvalue weighted by Gasteiger charge is -2.26. The number of aromatic nitrogens is 3. The largest absolute Gasteiger partial charge is 0.355 e. The van der Waals surface area contributed by atoms with E-state index in [2.05, 4.69) is 25.7 Å². The van der Waals surface area contributed by atoms with Crippen molar-refractivity contribution in [1.82, 2.24) is 15.0 Å². The second-order valence-corrected chi connectivity index (χ2v) is 6.13. The third-order valence-electron chi connectivity index (χ3n) is 4.16. The van der Waals surface area contributed by atoms with Gasteiger partial charge in [-0.15, -0.1) is 0 Å². The molecule has 0 saturated carbocycles. The van der Waals surface area contributed by atoms with Crippen LogP contribution in [0.15, 0.2) is 91.4 Å². The number of nitro groups is 1. The number of hydrogen-bond donors (Lipinski definition) is 2. The summed E-state index contributed by atoms with van der Waals surface area (Å²) in [7, 11) is 0. The molecule has 0 saturated heterocycles. The fourth-order valence-electron chi connectivity index (χ4n) is 2.82. The van der Waals surface area contributed by atoms with Gasteiger partial charge in [-0.1, -0.05) is 42.5 Å². The fraction of sp³-hybridized carbons (Fsp3) is 0. The molecule has 9 heteroatoms. The van der Waals surface area contributed by atoms with Crippen LogP contribution in [0.1, 0.15) is 0 Å². The Kier molecular flexibility index (Phi) is 5.43. The zero-order valence-corrected chi connectivity index (χ0v) is 15.7. The summed E-state index contributed by atoms with van der Waals surface area (Å²) < 4.78 is 0. The van der Waals surface area contributed by atoms with E-state index in [1.165, 1.54) is 6.33 Å². The summed E-state index contributed by atoms with van der Waals surface area (Å²) in [6, 6.07) is 24.1. The highest BCUT2D eigenvalue weighted by molar-refractivity contribution is 5.76. The molecular formula is C21H17N7O2. The minimum atomic E-state index is -0.526. The number of nitrogens with zero attached hydrogens (tertiary/aromatic N) is 5. The number of rotatable bonds is 7. The molecule has 0 bridgehead atoms. The monoisotopic (exact) mass is 399 g/mol. The van der Waals surface area contributed by atoms with Gasteiger partial charge < -0.3 is 5.32 Å².